The van der Waals surface area contributed by atoms with Crippen molar-refractivity contribution in [2.75, 3.05) is 0 Å². The fourth-order valence-electron chi connectivity index (χ4n) is 2.67. The van der Waals surface area contributed by atoms with Crippen LogP contribution in [0.3, 0.4) is 0 Å². The number of carbonyl (C=O) groups is 2. The minimum Gasteiger partial charge on any atom is -0.488 e. The van der Waals surface area contributed by atoms with E-state index in [1.54, 1.807) is 18.2 Å². The predicted molar refractivity (Wildman–Crippen MR) is 81.2 cm³/mol. The summed E-state index contributed by atoms with van der Waals surface area (Å²) in [6, 6.07) is 9.34. The second-order valence-electron chi connectivity index (χ2n) is 5.50. The number of aliphatic carboxylic acids is 1. The molecule has 0 saturated carbocycles. The molecule has 23 heavy (non-hydrogen) atoms. The molecule has 0 amide bonds. The van der Waals surface area contributed by atoms with Crippen LogP contribution >= 0.6 is 0 Å². The third kappa shape index (κ3) is 3.23. The molecule has 1 N–H and O–H groups in total. The van der Waals surface area contributed by atoms with Gasteiger partial charge in [0.2, 0.25) is 0 Å². The van der Waals surface area contributed by atoms with E-state index >= 15 is 0 Å². The molecule has 0 spiro atoms. The first-order valence-corrected chi connectivity index (χ1v) is 7.35. The molecule has 1 aliphatic heterocycles. The van der Waals surface area contributed by atoms with Gasteiger partial charge in [-0.05, 0) is 42.7 Å². The molecule has 118 valence electrons. The second kappa shape index (κ2) is 6.20. The summed E-state index contributed by atoms with van der Waals surface area (Å²) in [6.45, 7) is 0.215. The molecule has 0 saturated heterocycles. The van der Waals surface area contributed by atoms with Crippen molar-refractivity contribution in [3.8, 4) is 5.75 Å². The number of halogens is 1. The number of ketones is 1. The van der Waals surface area contributed by atoms with E-state index in [0.29, 0.717) is 35.3 Å². The van der Waals surface area contributed by atoms with Crippen LogP contribution in [0.5, 0.6) is 5.75 Å². The largest absolute Gasteiger partial charge is 0.488 e. The van der Waals surface area contributed by atoms with Gasteiger partial charge in [0.15, 0.2) is 5.78 Å². The average molecular weight is 314 g/mol. The van der Waals surface area contributed by atoms with Gasteiger partial charge in [-0.1, -0.05) is 12.1 Å². The van der Waals surface area contributed by atoms with Crippen LogP contribution in [0.4, 0.5) is 4.39 Å². The van der Waals surface area contributed by atoms with Gasteiger partial charge in [-0.2, -0.15) is 0 Å². The highest BCUT2D eigenvalue weighted by atomic mass is 19.1. The summed E-state index contributed by atoms with van der Waals surface area (Å²) >= 11 is 0. The Morgan fingerprint density at radius 3 is 2.78 bits per heavy atom. The van der Waals surface area contributed by atoms with Crippen molar-refractivity contribution in [1.29, 1.82) is 0 Å². The van der Waals surface area contributed by atoms with Gasteiger partial charge in [0.1, 0.15) is 18.2 Å². The van der Waals surface area contributed by atoms with E-state index in [9.17, 15) is 14.0 Å². The molecule has 0 fully saturated rings. The topological polar surface area (TPSA) is 63.6 Å². The average Bonchev–Trinajstić information content (AvgIpc) is 2.65. The maximum atomic E-state index is 13.4. The van der Waals surface area contributed by atoms with E-state index in [0.717, 1.165) is 5.56 Å². The molecule has 2 aromatic rings. The minimum absolute atomic E-state index is 0.0789. The molecule has 0 unspecified atom stereocenters. The number of fused-ring (bicyclic) bond motifs is 2. The Labute approximate surface area is 132 Å². The lowest BCUT2D eigenvalue weighted by molar-refractivity contribution is -0.137. The Kier molecular flexibility index (Phi) is 4.10. The standard InChI is InChI=1S/C18H15FO4/c19-13-6-5-12-10-23-16-7-4-11(2-1-3-17(20)21)8-15(16)18(22)14(12)9-13/h4-9H,1-3,10H2,(H,20,21). The van der Waals surface area contributed by atoms with Crippen LogP contribution in [0.2, 0.25) is 0 Å². The summed E-state index contributed by atoms with van der Waals surface area (Å²) in [5, 5.41) is 8.69. The number of rotatable bonds is 4. The molecule has 2 aromatic carbocycles. The summed E-state index contributed by atoms with van der Waals surface area (Å²) in [6.07, 6.45) is 1.13. The van der Waals surface area contributed by atoms with Crippen LogP contribution in [-0.2, 0) is 17.8 Å². The first-order chi connectivity index (χ1) is 11.0. The molecule has 1 heterocycles. The van der Waals surface area contributed by atoms with Crippen LogP contribution in [0.1, 0.15) is 39.9 Å². The highest BCUT2D eigenvalue weighted by molar-refractivity contribution is 6.12. The monoisotopic (exact) mass is 314 g/mol. The fraction of sp³-hybridized carbons (Fsp3) is 0.222. The molecule has 0 atom stereocenters. The molecule has 0 aliphatic carbocycles. The van der Waals surface area contributed by atoms with Crippen LogP contribution in [0.15, 0.2) is 36.4 Å². The Morgan fingerprint density at radius 2 is 2.00 bits per heavy atom. The Hall–Kier alpha value is -2.69. The van der Waals surface area contributed by atoms with Gasteiger partial charge in [-0.25, -0.2) is 4.39 Å². The van der Waals surface area contributed by atoms with Gasteiger partial charge in [0.05, 0.1) is 5.56 Å². The van der Waals surface area contributed by atoms with Crippen LogP contribution < -0.4 is 4.74 Å². The van der Waals surface area contributed by atoms with Crippen molar-refractivity contribution < 1.29 is 23.8 Å². The van der Waals surface area contributed by atoms with E-state index in [-0.39, 0.29) is 18.8 Å². The number of ether oxygens (including phenoxy) is 1. The van der Waals surface area contributed by atoms with Crippen molar-refractivity contribution in [2.24, 2.45) is 0 Å². The van der Waals surface area contributed by atoms with Gasteiger partial charge in [0, 0.05) is 17.5 Å². The Morgan fingerprint density at radius 1 is 1.17 bits per heavy atom. The second-order valence-corrected chi connectivity index (χ2v) is 5.50. The number of carbonyl (C=O) groups excluding carboxylic acids is 1. The number of aryl methyl sites for hydroxylation is 1. The van der Waals surface area contributed by atoms with Gasteiger partial charge in [0.25, 0.3) is 0 Å². The Balaban J connectivity index is 1.91. The SMILES string of the molecule is O=C(O)CCCc1ccc2c(c1)C(=O)c1cc(F)ccc1CO2. The lowest BCUT2D eigenvalue weighted by Gasteiger charge is -2.08. The molecule has 5 heteroatoms. The van der Waals surface area contributed by atoms with Crippen molar-refractivity contribution in [3.05, 3.63) is 64.5 Å². The van der Waals surface area contributed by atoms with Crippen LogP contribution in [-0.4, -0.2) is 16.9 Å². The number of carboxylic acid groups (broad SMARTS) is 1. The van der Waals surface area contributed by atoms with E-state index in [1.165, 1.54) is 12.1 Å². The first-order valence-electron chi connectivity index (χ1n) is 7.35. The lowest BCUT2D eigenvalue weighted by Crippen LogP contribution is -2.04. The summed E-state index contributed by atoms with van der Waals surface area (Å²) in [5.74, 6) is -1.11. The van der Waals surface area contributed by atoms with E-state index in [2.05, 4.69) is 0 Å². The maximum absolute atomic E-state index is 13.4. The van der Waals surface area contributed by atoms with Gasteiger partial charge in [-0.15, -0.1) is 0 Å². The third-order valence-corrected chi connectivity index (χ3v) is 3.84. The zero-order valence-electron chi connectivity index (χ0n) is 12.3. The van der Waals surface area contributed by atoms with Gasteiger partial charge >= 0.3 is 5.97 Å². The number of hydrogen-bond acceptors (Lipinski definition) is 3. The van der Waals surface area contributed by atoms with Gasteiger partial charge < -0.3 is 9.84 Å². The summed E-state index contributed by atoms with van der Waals surface area (Å²) in [7, 11) is 0. The van der Waals surface area contributed by atoms with E-state index < -0.39 is 11.8 Å². The minimum atomic E-state index is -0.844. The predicted octanol–water partition coefficient (Wildman–Crippen LogP) is 3.36. The molecule has 4 nitrogen and oxygen atoms in total. The van der Waals surface area contributed by atoms with Crippen molar-refractivity contribution in [2.45, 2.75) is 25.9 Å². The molecule has 0 aromatic heterocycles. The number of carboxylic acids is 1. The number of benzene rings is 2. The molecular weight excluding hydrogens is 299 g/mol. The van der Waals surface area contributed by atoms with E-state index in [1.807, 2.05) is 6.07 Å². The fourth-order valence-corrected chi connectivity index (χ4v) is 2.67. The molecular formula is C18H15FO4. The summed E-state index contributed by atoms with van der Waals surface area (Å²) in [4.78, 5) is 23.3. The van der Waals surface area contributed by atoms with Crippen molar-refractivity contribution >= 4 is 11.8 Å². The molecule has 0 bridgehead atoms. The Bertz CT molecular complexity index is 783. The van der Waals surface area contributed by atoms with E-state index in [4.69, 9.17) is 9.84 Å². The normalized spacial score (nSPS) is 12.8. The highest BCUT2D eigenvalue weighted by Crippen LogP contribution is 2.30. The summed E-state index contributed by atoms with van der Waals surface area (Å²) in [5.41, 5.74) is 2.22. The first kappa shape index (κ1) is 15.2. The zero-order chi connectivity index (χ0) is 16.4. The highest BCUT2D eigenvalue weighted by Gasteiger charge is 2.23. The van der Waals surface area contributed by atoms with Crippen LogP contribution in [0.25, 0.3) is 0 Å². The maximum Gasteiger partial charge on any atom is 0.303 e. The lowest BCUT2D eigenvalue weighted by atomic mass is 9.96. The van der Waals surface area contributed by atoms with Crippen molar-refractivity contribution in [3.63, 3.8) is 0 Å². The smallest absolute Gasteiger partial charge is 0.303 e. The summed E-state index contributed by atoms with van der Waals surface area (Å²) < 4.78 is 19.1. The number of hydrogen-bond donors (Lipinski definition) is 1. The third-order valence-electron chi connectivity index (χ3n) is 3.84. The van der Waals surface area contributed by atoms with Crippen LogP contribution in [0, 0.1) is 5.82 Å². The molecule has 1 aliphatic rings. The van der Waals surface area contributed by atoms with Gasteiger partial charge in [-0.3, -0.25) is 9.59 Å². The zero-order valence-corrected chi connectivity index (χ0v) is 12.3. The molecule has 0 radical (unpaired) electrons. The molecule has 3 rings (SSSR count). The quantitative estimate of drug-likeness (QED) is 0.940. The van der Waals surface area contributed by atoms with Crippen molar-refractivity contribution in [1.82, 2.24) is 0 Å².